The van der Waals surface area contributed by atoms with Crippen LogP contribution in [-0.4, -0.2) is 28.2 Å². The number of methoxy groups -OCH3 is 1. The van der Waals surface area contributed by atoms with E-state index < -0.39 is 0 Å². The number of hydrogen-bond donors (Lipinski definition) is 1. The number of benzene rings is 2. The van der Waals surface area contributed by atoms with Crippen LogP contribution in [0.15, 0.2) is 53.9 Å². The van der Waals surface area contributed by atoms with Crippen molar-refractivity contribution in [1.29, 1.82) is 0 Å². The van der Waals surface area contributed by atoms with Crippen LogP contribution >= 0.6 is 12.2 Å². The molecule has 0 radical (unpaired) electrons. The molecule has 3 rings (SSSR count). The van der Waals surface area contributed by atoms with Gasteiger partial charge in [-0.2, -0.15) is 14.9 Å². The SMILES string of the molecule is COc1cc(/C=N\n2cn[nH]c2=S)ccc1OCc1ccc(F)cc1. The van der Waals surface area contributed by atoms with E-state index in [0.717, 1.165) is 11.1 Å². The van der Waals surface area contributed by atoms with E-state index in [1.165, 1.54) is 23.1 Å². The van der Waals surface area contributed by atoms with Gasteiger partial charge in [-0.1, -0.05) is 12.1 Å². The molecule has 0 unspecified atom stereocenters. The number of rotatable bonds is 6. The summed E-state index contributed by atoms with van der Waals surface area (Å²) < 4.78 is 25.9. The molecule has 0 aliphatic heterocycles. The quantitative estimate of drug-likeness (QED) is 0.541. The summed E-state index contributed by atoms with van der Waals surface area (Å²) in [4.78, 5) is 0. The Hall–Kier alpha value is -3.00. The third-order valence-electron chi connectivity index (χ3n) is 3.36. The molecule has 0 atom stereocenters. The molecule has 0 saturated carbocycles. The van der Waals surface area contributed by atoms with Crippen molar-refractivity contribution in [2.45, 2.75) is 6.61 Å². The van der Waals surface area contributed by atoms with Gasteiger partial charge >= 0.3 is 0 Å². The van der Waals surface area contributed by atoms with E-state index in [4.69, 9.17) is 21.7 Å². The maximum Gasteiger partial charge on any atom is 0.216 e. The lowest BCUT2D eigenvalue weighted by molar-refractivity contribution is 0.284. The van der Waals surface area contributed by atoms with Crippen LogP contribution in [-0.2, 0) is 6.61 Å². The standard InChI is InChI=1S/C17H15FN4O2S/c1-23-16-8-13(9-20-22-11-19-21-17(22)25)4-7-15(16)24-10-12-2-5-14(18)6-3-12/h2-9,11H,10H2,1H3,(H,21,25)/b20-9-. The van der Waals surface area contributed by atoms with Gasteiger partial charge in [-0.05, 0) is 53.7 Å². The normalized spacial score (nSPS) is 11.0. The molecule has 8 heteroatoms. The number of H-pyrrole nitrogens is 1. The minimum absolute atomic E-state index is 0.275. The highest BCUT2D eigenvalue weighted by Gasteiger charge is 2.06. The Morgan fingerprint density at radius 2 is 2.04 bits per heavy atom. The van der Waals surface area contributed by atoms with Gasteiger partial charge in [0, 0.05) is 0 Å². The van der Waals surface area contributed by atoms with E-state index in [1.807, 2.05) is 6.07 Å². The fraction of sp³-hybridized carbons (Fsp3) is 0.118. The van der Waals surface area contributed by atoms with Gasteiger partial charge in [0.15, 0.2) is 11.5 Å². The highest BCUT2D eigenvalue weighted by molar-refractivity contribution is 7.71. The van der Waals surface area contributed by atoms with Gasteiger partial charge in [-0.3, -0.25) is 5.10 Å². The summed E-state index contributed by atoms with van der Waals surface area (Å²) in [5, 5.41) is 10.6. The van der Waals surface area contributed by atoms with E-state index >= 15 is 0 Å². The molecule has 0 saturated heterocycles. The molecular weight excluding hydrogens is 343 g/mol. The Balaban J connectivity index is 1.73. The minimum Gasteiger partial charge on any atom is -0.493 e. The van der Waals surface area contributed by atoms with Crippen molar-refractivity contribution in [3.05, 3.63) is 70.5 Å². The van der Waals surface area contributed by atoms with Crippen LogP contribution in [0, 0.1) is 10.6 Å². The number of nitrogens with zero attached hydrogens (tertiary/aromatic N) is 3. The Labute approximate surface area is 148 Å². The Bertz CT molecular complexity index is 934. The van der Waals surface area contributed by atoms with Crippen molar-refractivity contribution >= 4 is 18.4 Å². The molecule has 3 aromatic rings. The van der Waals surface area contributed by atoms with Crippen molar-refractivity contribution in [2.24, 2.45) is 5.10 Å². The maximum absolute atomic E-state index is 12.9. The first-order valence-electron chi connectivity index (χ1n) is 7.37. The lowest BCUT2D eigenvalue weighted by Crippen LogP contribution is -1.99. The van der Waals surface area contributed by atoms with Crippen LogP contribution in [0.3, 0.4) is 0 Å². The third-order valence-corrected chi connectivity index (χ3v) is 3.64. The number of aromatic nitrogens is 3. The molecular formula is C17H15FN4O2S. The molecule has 0 aliphatic rings. The monoisotopic (exact) mass is 358 g/mol. The Morgan fingerprint density at radius 3 is 2.72 bits per heavy atom. The highest BCUT2D eigenvalue weighted by atomic mass is 32.1. The van der Waals surface area contributed by atoms with Gasteiger partial charge in [-0.25, -0.2) is 4.39 Å². The second kappa shape index (κ2) is 7.71. The molecule has 1 heterocycles. The number of nitrogens with one attached hydrogen (secondary N) is 1. The molecule has 1 N–H and O–H groups in total. The van der Waals surface area contributed by atoms with Crippen LogP contribution in [0.2, 0.25) is 0 Å². The zero-order chi connectivity index (χ0) is 17.6. The van der Waals surface area contributed by atoms with Crippen LogP contribution in [0.5, 0.6) is 11.5 Å². The number of aromatic amines is 1. The number of hydrogen-bond acceptors (Lipinski definition) is 5. The molecule has 25 heavy (non-hydrogen) atoms. The van der Waals surface area contributed by atoms with Crippen LogP contribution in [0.1, 0.15) is 11.1 Å². The average molecular weight is 358 g/mol. The molecule has 0 bridgehead atoms. The van der Waals surface area contributed by atoms with Gasteiger partial charge < -0.3 is 9.47 Å². The van der Waals surface area contributed by atoms with Crippen molar-refractivity contribution in [1.82, 2.24) is 14.9 Å². The van der Waals surface area contributed by atoms with Crippen molar-refractivity contribution < 1.29 is 13.9 Å². The molecule has 128 valence electrons. The number of halogens is 1. The topological polar surface area (TPSA) is 64.4 Å². The van der Waals surface area contributed by atoms with E-state index in [1.54, 1.807) is 37.6 Å². The zero-order valence-corrected chi connectivity index (χ0v) is 14.2. The average Bonchev–Trinajstić information content (AvgIpc) is 3.04. The molecule has 0 amide bonds. The summed E-state index contributed by atoms with van der Waals surface area (Å²) in [6.45, 7) is 0.314. The smallest absolute Gasteiger partial charge is 0.216 e. The molecule has 2 aromatic carbocycles. The molecule has 0 fully saturated rings. The summed E-state index contributed by atoms with van der Waals surface area (Å²) in [7, 11) is 1.56. The number of ether oxygens (including phenoxy) is 2. The highest BCUT2D eigenvalue weighted by Crippen LogP contribution is 2.28. The summed E-state index contributed by atoms with van der Waals surface area (Å²) in [5.41, 5.74) is 1.68. The van der Waals surface area contributed by atoms with Crippen molar-refractivity contribution in [2.75, 3.05) is 7.11 Å². The first kappa shape index (κ1) is 16.8. The van der Waals surface area contributed by atoms with E-state index in [-0.39, 0.29) is 5.82 Å². The molecule has 1 aromatic heterocycles. The van der Waals surface area contributed by atoms with Gasteiger partial charge in [0.2, 0.25) is 4.77 Å². The molecule has 0 aliphatic carbocycles. The fourth-order valence-corrected chi connectivity index (χ4v) is 2.23. The van der Waals surface area contributed by atoms with Gasteiger partial charge in [-0.15, -0.1) is 0 Å². The second-order valence-electron chi connectivity index (χ2n) is 5.08. The lowest BCUT2D eigenvalue weighted by Gasteiger charge is -2.11. The van der Waals surface area contributed by atoms with Crippen molar-refractivity contribution in [3.63, 3.8) is 0 Å². The van der Waals surface area contributed by atoms with Gasteiger partial charge in [0.05, 0.1) is 13.3 Å². The Morgan fingerprint density at radius 1 is 1.24 bits per heavy atom. The van der Waals surface area contributed by atoms with E-state index in [0.29, 0.717) is 22.9 Å². The van der Waals surface area contributed by atoms with Gasteiger partial charge in [0.1, 0.15) is 18.8 Å². The third kappa shape index (κ3) is 4.30. The van der Waals surface area contributed by atoms with Gasteiger partial charge in [0.25, 0.3) is 0 Å². The minimum atomic E-state index is -0.275. The Kier molecular flexibility index (Phi) is 5.20. The first-order valence-corrected chi connectivity index (χ1v) is 7.78. The first-order chi connectivity index (χ1) is 12.2. The van der Waals surface area contributed by atoms with Crippen LogP contribution in [0.4, 0.5) is 4.39 Å². The van der Waals surface area contributed by atoms with Crippen LogP contribution < -0.4 is 9.47 Å². The predicted molar refractivity (Wildman–Crippen MR) is 94.1 cm³/mol. The lowest BCUT2D eigenvalue weighted by atomic mass is 10.2. The zero-order valence-electron chi connectivity index (χ0n) is 13.3. The van der Waals surface area contributed by atoms with E-state index in [9.17, 15) is 4.39 Å². The summed E-state index contributed by atoms with van der Waals surface area (Å²) in [5.74, 6) is 0.883. The van der Waals surface area contributed by atoms with Crippen LogP contribution in [0.25, 0.3) is 0 Å². The second-order valence-corrected chi connectivity index (χ2v) is 5.46. The predicted octanol–water partition coefficient (Wildman–Crippen LogP) is 3.55. The largest absolute Gasteiger partial charge is 0.493 e. The fourth-order valence-electron chi connectivity index (χ4n) is 2.08. The summed E-state index contributed by atoms with van der Waals surface area (Å²) in [6, 6.07) is 11.6. The molecule has 6 nitrogen and oxygen atoms in total. The summed E-state index contributed by atoms with van der Waals surface area (Å²) in [6.07, 6.45) is 3.12. The van der Waals surface area contributed by atoms with Crippen molar-refractivity contribution in [3.8, 4) is 11.5 Å². The molecule has 0 spiro atoms. The van der Waals surface area contributed by atoms with E-state index in [2.05, 4.69) is 15.3 Å². The maximum atomic E-state index is 12.9. The summed E-state index contributed by atoms with van der Waals surface area (Å²) >= 11 is 5.02.